The number of hydrogen-bond donors (Lipinski definition) is 4. The summed E-state index contributed by atoms with van der Waals surface area (Å²) in [7, 11) is 2.77. The number of nitrogens with one attached hydrogen (secondary N) is 4. The third kappa shape index (κ3) is 7.68. The lowest BCUT2D eigenvalue weighted by Crippen LogP contribution is -2.54. The van der Waals surface area contributed by atoms with E-state index in [2.05, 4.69) is 79.1 Å². The Hall–Kier alpha value is -5.82. The number of aromatic nitrogens is 5. The average molecular weight is 771 g/mol. The van der Waals surface area contributed by atoms with Crippen LogP contribution in [0.3, 0.4) is 0 Å². The molecule has 4 unspecified atom stereocenters. The first-order chi connectivity index (χ1) is 27.7. The number of H-pyrrole nitrogens is 2. The van der Waals surface area contributed by atoms with Gasteiger partial charge in [-0.2, -0.15) is 0 Å². The van der Waals surface area contributed by atoms with Crippen molar-refractivity contribution in [1.82, 2.24) is 40.5 Å². The maximum absolute atomic E-state index is 13.7. The van der Waals surface area contributed by atoms with Crippen LogP contribution in [0.4, 0.5) is 4.79 Å². The van der Waals surface area contributed by atoms with E-state index >= 15 is 0 Å². The number of pyridine rings is 1. The molecule has 4 N–H and O–H groups in total. The zero-order valence-electron chi connectivity index (χ0n) is 32.8. The van der Waals surface area contributed by atoms with Crippen LogP contribution in [0.25, 0.3) is 33.6 Å². The maximum Gasteiger partial charge on any atom is 0.407 e. The van der Waals surface area contributed by atoms with Gasteiger partial charge >= 0.3 is 6.09 Å². The predicted molar refractivity (Wildman–Crippen MR) is 214 cm³/mol. The van der Waals surface area contributed by atoms with E-state index in [1.165, 1.54) is 14.2 Å². The highest BCUT2D eigenvalue weighted by atomic mass is 16.5. The standard InChI is InChI=1S/C44H50N8O5/c1-25(33-7-5-19-45-22-33)48-42(53)38-32-18-17-31(21-32)37(38)41-47-24-35(50-41)30-15-11-28(12-16-30)27-9-13-29(14-10-27)34-23-46-40(49-34)36-8-6-20-52(36)43(54)39(26(2)56-3)51-44(55)57-4/h5,7,9-16,19,22-26,31-32,36-39H,6,8,17-18,20-21H2,1-4H3,(H,46,49)(H,47,50)(H,48,53)(H,51,55)/t25-,26-,31?,32?,36+,37?,38?,39+/m1/s1. The van der Waals surface area contributed by atoms with Gasteiger partial charge in [0.15, 0.2) is 0 Å². The maximum atomic E-state index is 13.7. The number of ether oxygens (including phenoxy) is 2. The van der Waals surface area contributed by atoms with Crippen LogP contribution in [0.15, 0.2) is 85.5 Å². The number of aromatic amines is 2. The Morgan fingerprint density at radius 2 is 1.42 bits per heavy atom. The van der Waals surface area contributed by atoms with Gasteiger partial charge in [-0.15, -0.1) is 0 Å². The van der Waals surface area contributed by atoms with Crippen molar-refractivity contribution in [1.29, 1.82) is 0 Å². The first kappa shape index (κ1) is 38.1. The van der Waals surface area contributed by atoms with Crippen molar-refractivity contribution in [3.05, 3.63) is 103 Å². The van der Waals surface area contributed by atoms with E-state index in [4.69, 9.17) is 14.5 Å². The van der Waals surface area contributed by atoms with E-state index in [1.54, 1.807) is 24.2 Å². The Kier molecular flexibility index (Phi) is 10.9. The molecule has 3 amide bonds. The number of likely N-dealkylation sites (tertiary alicyclic amines) is 1. The molecule has 3 aliphatic rings. The SMILES string of the molecule is COC(=O)N[C@H](C(=O)N1CCC[C@H]1c1ncc(-c2ccc(-c3ccc(-c4cnc(C5C6CCC(C6)C5C(=O)N[C@H](C)c5cccnc5)[nH]4)cc3)cc2)[nH]1)[C@@H](C)OC. The molecule has 2 aromatic carbocycles. The highest BCUT2D eigenvalue weighted by molar-refractivity contribution is 5.87. The lowest BCUT2D eigenvalue weighted by atomic mass is 9.78. The molecule has 2 bridgehead atoms. The third-order valence-electron chi connectivity index (χ3n) is 12.4. The Labute approximate surface area is 332 Å². The van der Waals surface area contributed by atoms with Crippen LogP contribution >= 0.6 is 0 Å². The molecule has 13 nitrogen and oxygen atoms in total. The van der Waals surface area contributed by atoms with Crippen molar-refractivity contribution in [3.8, 4) is 33.6 Å². The summed E-state index contributed by atoms with van der Waals surface area (Å²) in [5.74, 6) is 2.30. The van der Waals surface area contributed by atoms with Crippen LogP contribution in [-0.4, -0.2) is 80.6 Å². The van der Waals surface area contributed by atoms with E-state index in [9.17, 15) is 14.4 Å². The molecule has 3 aromatic heterocycles. The fourth-order valence-corrected chi connectivity index (χ4v) is 9.27. The molecule has 1 aliphatic heterocycles. The Morgan fingerprint density at radius 3 is 2.05 bits per heavy atom. The Balaban J connectivity index is 0.922. The number of carbonyl (C=O) groups excluding carboxylic acids is 3. The average Bonchev–Trinajstić information content (AvgIpc) is 4.11. The largest absolute Gasteiger partial charge is 0.453 e. The minimum Gasteiger partial charge on any atom is -0.453 e. The van der Waals surface area contributed by atoms with Gasteiger partial charge in [-0.1, -0.05) is 54.6 Å². The summed E-state index contributed by atoms with van der Waals surface area (Å²) in [6, 6.07) is 19.4. The molecule has 0 spiro atoms. The summed E-state index contributed by atoms with van der Waals surface area (Å²) in [5.41, 5.74) is 6.98. The van der Waals surface area contributed by atoms with E-state index in [1.807, 2.05) is 31.5 Å². The normalized spacial score (nSPS) is 22.9. The molecule has 0 radical (unpaired) electrons. The molecule has 8 rings (SSSR count). The van der Waals surface area contributed by atoms with Crippen molar-refractivity contribution >= 4 is 17.9 Å². The molecule has 2 aliphatic carbocycles. The molecule has 3 fully saturated rings. The van der Waals surface area contributed by atoms with Crippen LogP contribution in [0.5, 0.6) is 0 Å². The van der Waals surface area contributed by atoms with Gasteiger partial charge in [0.1, 0.15) is 17.7 Å². The number of alkyl carbamates (subject to hydrolysis) is 1. The number of benzene rings is 2. The van der Waals surface area contributed by atoms with Gasteiger partial charge in [0, 0.05) is 32.0 Å². The third-order valence-corrected chi connectivity index (χ3v) is 12.4. The number of imidazole rings is 2. The first-order valence-electron chi connectivity index (χ1n) is 19.9. The summed E-state index contributed by atoms with van der Waals surface area (Å²) in [6.07, 6.45) is 10.9. The second-order valence-electron chi connectivity index (χ2n) is 15.7. The summed E-state index contributed by atoms with van der Waals surface area (Å²) in [6.45, 7) is 4.31. The molecule has 8 atom stereocenters. The monoisotopic (exact) mass is 770 g/mol. The van der Waals surface area contributed by atoms with E-state index in [-0.39, 0.29) is 35.7 Å². The predicted octanol–water partition coefficient (Wildman–Crippen LogP) is 6.96. The number of fused-ring (bicyclic) bond motifs is 2. The molecular formula is C44H50N8O5. The number of rotatable bonds is 12. The van der Waals surface area contributed by atoms with Crippen molar-refractivity contribution < 1.29 is 23.9 Å². The molecule has 5 aromatic rings. The zero-order valence-corrected chi connectivity index (χ0v) is 32.8. The van der Waals surface area contributed by atoms with E-state index in [0.717, 1.165) is 77.1 Å². The second kappa shape index (κ2) is 16.3. The molecule has 296 valence electrons. The summed E-state index contributed by atoms with van der Waals surface area (Å²) in [4.78, 5) is 61.9. The van der Waals surface area contributed by atoms with Crippen LogP contribution < -0.4 is 10.6 Å². The van der Waals surface area contributed by atoms with Gasteiger partial charge in [0.25, 0.3) is 0 Å². The lowest BCUT2D eigenvalue weighted by Gasteiger charge is -2.30. The van der Waals surface area contributed by atoms with Crippen LogP contribution in [0, 0.1) is 17.8 Å². The molecular weight excluding hydrogens is 721 g/mol. The number of carbonyl (C=O) groups is 3. The summed E-state index contributed by atoms with van der Waals surface area (Å²) in [5, 5.41) is 5.90. The number of methoxy groups -OCH3 is 2. The summed E-state index contributed by atoms with van der Waals surface area (Å²) >= 11 is 0. The van der Waals surface area contributed by atoms with Gasteiger partial charge in [0.2, 0.25) is 11.8 Å². The van der Waals surface area contributed by atoms with E-state index < -0.39 is 18.2 Å². The highest BCUT2D eigenvalue weighted by Crippen LogP contribution is 2.56. The van der Waals surface area contributed by atoms with Crippen LogP contribution in [0.2, 0.25) is 0 Å². The van der Waals surface area contributed by atoms with Gasteiger partial charge in [-0.25, -0.2) is 14.8 Å². The molecule has 57 heavy (non-hydrogen) atoms. The van der Waals surface area contributed by atoms with Crippen molar-refractivity contribution in [2.45, 2.75) is 76.1 Å². The summed E-state index contributed by atoms with van der Waals surface area (Å²) < 4.78 is 10.2. The molecule has 1 saturated heterocycles. The van der Waals surface area contributed by atoms with Gasteiger partial charge in [-0.05, 0) is 91.7 Å². The molecule has 4 heterocycles. The van der Waals surface area contributed by atoms with Gasteiger partial charge < -0.3 is 35.0 Å². The van der Waals surface area contributed by atoms with Gasteiger partial charge in [-0.3, -0.25) is 14.6 Å². The topological polar surface area (TPSA) is 167 Å². The fourth-order valence-electron chi connectivity index (χ4n) is 9.27. The van der Waals surface area contributed by atoms with Crippen molar-refractivity contribution in [2.75, 3.05) is 20.8 Å². The van der Waals surface area contributed by atoms with Gasteiger partial charge in [0.05, 0.1) is 55.0 Å². The Bertz CT molecular complexity index is 2190. The molecule has 13 heteroatoms. The number of amides is 3. The van der Waals surface area contributed by atoms with Crippen LogP contribution in [0.1, 0.15) is 81.2 Å². The first-order valence-corrected chi connectivity index (χ1v) is 19.9. The minimum atomic E-state index is -0.886. The molecule has 2 saturated carbocycles. The number of nitrogens with zero attached hydrogens (tertiary/aromatic N) is 4. The van der Waals surface area contributed by atoms with Crippen molar-refractivity contribution in [3.63, 3.8) is 0 Å². The number of hydrogen-bond acceptors (Lipinski definition) is 8. The Morgan fingerprint density at radius 1 is 0.789 bits per heavy atom. The quantitative estimate of drug-likeness (QED) is 0.106. The zero-order chi connectivity index (χ0) is 39.6. The lowest BCUT2D eigenvalue weighted by molar-refractivity contribution is -0.137. The van der Waals surface area contributed by atoms with Crippen molar-refractivity contribution in [2.24, 2.45) is 17.8 Å². The second-order valence-corrected chi connectivity index (χ2v) is 15.7. The highest BCUT2D eigenvalue weighted by Gasteiger charge is 2.52. The minimum absolute atomic E-state index is 0.0781. The van der Waals surface area contributed by atoms with E-state index in [0.29, 0.717) is 24.2 Å². The van der Waals surface area contributed by atoms with Crippen LogP contribution in [-0.2, 0) is 19.1 Å². The smallest absolute Gasteiger partial charge is 0.407 e. The fraction of sp³-hybridized carbons (Fsp3) is 0.409.